The van der Waals surface area contributed by atoms with Crippen molar-refractivity contribution in [2.24, 2.45) is 17.8 Å². The lowest BCUT2D eigenvalue weighted by Crippen LogP contribution is -2.29. The lowest BCUT2D eigenvalue weighted by Gasteiger charge is -2.22. The first-order chi connectivity index (χ1) is 10.5. The summed E-state index contributed by atoms with van der Waals surface area (Å²) in [6.07, 6.45) is 5.17. The number of sulfone groups is 1. The highest BCUT2D eigenvalue weighted by atomic mass is 32.2. The van der Waals surface area contributed by atoms with Gasteiger partial charge in [-0.2, -0.15) is 0 Å². The van der Waals surface area contributed by atoms with Gasteiger partial charge in [0.15, 0.2) is 9.84 Å². The number of rotatable bonds is 6. The fraction of sp³-hybridized carbons (Fsp3) is 0.647. The average Bonchev–Trinajstić information content (AvgIpc) is 3.27. The molecule has 1 saturated carbocycles. The summed E-state index contributed by atoms with van der Waals surface area (Å²) >= 11 is 0. The molecule has 1 aliphatic heterocycles. The molecule has 1 N–H and O–H groups in total. The van der Waals surface area contributed by atoms with Crippen molar-refractivity contribution in [2.75, 3.05) is 26.0 Å². The molecule has 122 valence electrons. The topological polar surface area (TPSA) is 55.4 Å². The quantitative estimate of drug-likeness (QED) is 0.872. The fourth-order valence-corrected chi connectivity index (χ4v) is 4.10. The van der Waals surface area contributed by atoms with Crippen molar-refractivity contribution >= 4 is 9.84 Å². The Bertz CT molecular complexity index is 591. The van der Waals surface area contributed by atoms with Gasteiger partial charge in [-0.15, -0.1) is 0 Å². The molecule has 2 atom stereocenters. The molecule has 0 aromatic heterocycles. The molecule has 0 radical (unpaired) electrons. The Morgan fingerprint density at radius 1 is 1.18 bits per heavy atom. The van der Waals surface area contributed by atoms with Gasteiger partial charge < -0.3 is 10.1 Å². The monoisotopic (exact) mass is 323 g/mol. The third kappa shape index (κ3) is 4.09. The highest BCUT2D eigenvalue weighted by molar-refractivity contribution is 7.90. The van der Waals surface area contributed by atoms with Crippen LogP contribution in [0.5, 0.6) is 0 Å². The molecule has 1 saturated heterocycles. The second kappa shape index (κ2) is 6.69. The summed E-state index contributed by atoms with van der Waals surface area (Å²) < 4.78 is 28.6. The Kier molecular flexibility index (Phi) is 4.85. The molecule has 1 unspecified atom stereocenters. The van der Waals surface area contributed by atoms with E-state index in [0.717, 1.165) is 29.9 Å². The van der Waals surface area contributed by atoms with Crippen LogP contribution >= 0.6 is 0 Å². The summed E-state index contributed by atoms with van der Waals surface area (Å²) in [7, 11) is -3.11. The maximum atomic E-state index is 11.4. The van der Waals surface area contributed by atoms with E-state index in [-0.39, 0.29) is 0 Å². The molecule has 2 aliphatic rings. The minimum absolute atomic E-state index is 0.365. The van der Waals surface area contributed by atoms with Gasteiger partial charge in [0.2, 0.25) is 0 Å². The Labute approximate surface area is 133 Å². The van der Waals surface area contributed by atoms with Crippen molar-refractivity contribution in [1.82, 2.24) is 5.32 Å². The summed E-state index contributed by atoms with van der Waals surface area (Å²) in [5.74, 6) is 2.50. The van der Waals surface area contributed by atoms with Gasteiger partial charge in [-0.05, 0) is 67.8 Å². The van der Waals surface area contributed by atoms with Crippen LogP contribution in [0.15, 0.2) is 29.2 Å². The van der Waals surface area contributed by atoms with Crippen molar-refractivity contribution < 1.29 is 13.2 Å². The highest BCUT2D eigenvalue weighted by Gasteiger charge is 2.42. The highest BCUT2D eigenvalue weighted by Crippen LogP contribution is 2.47. The van der Waals surface area contributed by atoms with Gasteiger partial charge >= 0.3 is 0 Å². The molecule has 0 spiro atoms. The molecule has 1 heterocycles. The van der Waals surface area contributed by atoms with E-state index in [1.807, 2.05) is 12.1 Å². The molecule has 2 fully saturated rings. The number of hydrogen-bond acceptors (Lipinski definition) is 4. The van der Waals surface area contributed by atoms with Crippen molar-refractivity contribution in [3.63, 3.8) is 0 Å². The first kappa shape index (κ1) is 16.0. The van der Waals surface area contributed by atoms with Gasteiger partial charge in [0.1, 0.15) is 0 Å². The molecule has 22 heavy (non-hydrogen) atoms. The van der Waals surface area contributed by atoms with Gasteiger partial charge in [0.25, 0.3) is 0 Å². The van der Waals surface area contributed by atoms with Crippen LogP contribution in [0.2, 0.25) is 0 Å². The zero-order valence-electron chi connectivity index (χ0n) is 13.1. The molecule has 1 aromatic rings. The average molecular weight is 323 g/mol. The van der Waals surface area contributed by atoms with Crippen LogP contribution in [-0.2, 0) is 21.2 Å². The maximum absolute atomic E-state index is 11.4. The first-order valence-electron chi connectivity index (χ1n) is 8.11. The molecule has 3 rings (SSSR count). The van der Waals surface area contributed by atoms with E-state index in [9.17, 15) is 8.42 Å². The van der Waals surface area contributed by atoms with E-state index < -0.39 is 9.84 Å². The Hall–Kier alpha value is -0.910. The van der Waals surface area contributed by atoms with E-state index in [1.165, 1.54) is 38.6 Å². The van der Waals surface area contributed by atoms with Crippen LogP contribution in [0.3, 0.4) is 0 Å². The number of nitrogens with one attached hydrogen (secondary N) is 1. The van der Waals surface area contributed by atoms with Crippen molar-refractivity contribution in [3.05, 3.63) is 29.8 Å². The summed E-state index contributed by atoms with van der Waals surface area (Å²) in [5.41, 5.74) is 1.03. The van der Waals surface area contributed by atoms with E-state index in [4.69, 9.17) is 4.74 Å². The van der Waals surface area contributed by atoms with Gasteiger partial charge in [-0.25, -0.2) is 8.42 Å². The molecular weight excluding hydrogens is 298 g/mol. The number of benzene rings is 1. The van der Waals surface area contributed by atoms with Crippen LogP contribution < -0.4 is 5.32 Å². The molecule has 0 bridgehead atoms. The molecular formula is C17H25NO3S. The third-order valence-electron chi connectivity index (χ3n) is 4.92. The molecule has 1 aromatic carbocycles. The van der Waals surface area contributed by atoms with Gasteiger partial charge in [-0.1, -0.05) is 12.1 Å². The third-order valence-corrected chi connectivity index (χ3v) is 6.05. The first-order valence-corrected chi connectivity index (χ1v) is 10.0. The van der Waals surface area contributed by atoms with Crippen LogP contribution in [0.25, 0.3) is 0 Å². The van der Waals surface area contributed by atoms with E-state index in [1.54, 1.807) is 12.1 Å². The Balaban J connectivity index is 1.40. The van der Waals surface area contributed by atoms with E-state index in [0.29, 0.717) is 11.5 Å². The van der Waals surface area contributed by atoms with E-state index >= 15 is 0 Å². The van der Waals surface area contributed by atoms with Gasteiger partial charge in [0, 0.05) is 6.26 Å². The predicted octanol–water partition coefficient (Wildman–Crippen LogP) is 2.24. The molecule has 4 nitrogen and oxygen atoms in total. The molecule has 5 heteroatoms. The SMILES string of the molecule is CS(=O)(=O)c1ccc(COC[C@@H]2CC2C2CCNCC2)cc1. The minimum Gasteiger partial charge on any atom is -0.376 e. The van der Waals surface area contributed by atoms with Crippen LogP contribution in [0.4, 0.5) is 0 Å². The minimum atomic E-state index is -3.11. The second-order valence-corrected chi connectivity index (χ2v) is 8.69. The lowest BCUT2D eigenvalue weighted by molar-refractivity contribution is 0.104. The predicted molar refractivity (Wildman–Crippen MR) is 86.4 cm³/mol. The smallest absolute Gasteiger partial charge is 0.175 e. The summed E-state index contributed by atoms with van der Waals surface area (Å²) in [6.45, 7) is 3.74. The summed E-state index contributed by atoms with van der Waals surface area (Å²) in [6, 6.07) is 6.99. The Morgan fingerprint density at radius 2 is 1.86 bits per heavy atom. The molecule has 1 aliphatic carbocycles. The lowest BCUT2D eigenvalue weighted by atomic mass is 9.92. The van der Waals surface area contributed by atoms with Gasteiger partial charge in [0.05, 0.1) is 18.1 Å². The van der Waals surface area contributed by atoms with Gasteiger partial charge in [-0.3, -0.25) is 0 Å². The van der Waals surface area contributed by atoms with Crippen molar-refractivity contribution in [2.45, 2.75) is 30.8 Å². The Morgan fingerprint density at radius 3 is 2.50 bits per heavy atom. The zero-order chi connectivity index (χ0) is 15.6. The number of hydrogen-bond donors (Lipinski definition) is 1. The second-order valence-electron chi connectivity index (χ2n) is 6.68. The van der Waals surface area contributed by atoms with Crippen molar-refractivity contribution in [1.29, 1.82) is 0 Å². The van der Waals surface area contributed by atoms with Crippen LogP contribution in [0, 0.1) is 17.8 Å². The van der Waals surface area contributed by atoms with Crippen molar-refractivity contribution in [3.8, 4) is 0 Å². The van der Waals surface area contributed by atoms with Crippen LogP contribution in [-0.4, -0.2) is 34.4 Å². The largest absolute Gasteiger partial charge is 0.376 e. The number of ether oxygens (including phenoxy) is 1. The summed E-state index contributed by atoms with van der Waals surface area (Å²) in [4.78, 5) is 0.365. The zero-order valence-corrected chi connectivity index (χ0v) is 13.9. The normalized spacial score (nSPS) is 26.0. The molecule has 0 amide bonds. The fourth-order valence-electron chi connectivity index (χ4n) is 3.47. The summed E-state index contributed by atoms with van der Waals surface area (Å²) in [5, 5.41) is 3.42. The standard InChI is InChI=1S/C17H25NO3S/c1-22(19,20)16-4-2-13(3-5-16)11-21-12-15-10-17(15)14-6-8-18-9-7-14/h2-5,14-15,17-18H,6-12H2,1H3/t15-,17?/m0/s1. The maximum Gasteiger partial charge on any atom is 0.175 e. The van der Waals surface area contributed by atoms with Crippen LogP contribution in [0.1, 0.15) is 24.8 Å². The van der Waals surface area contributed by atoms with E-state index in [2.05, 4.69) is 5.32 Å². The number of piperidine rings is 1.